The van der Waals surface area contributed by atoms with Gasteiger partial charge in [0.15, 0.2) is 17.3 Å². The van der Waals surface area contributed by atoms with Crippen LogP contribution in [0.4, 0.5) is 26.3 Å². The largest absolute Gasteiger partial charge is 0.489 e. The number of carbonyl (C=O) groups is 4. The van der Waals surface area contributed by atoms with Crippen molar-refractivity contribution in [2.75, 3.05) is 0 Å². The van der Waals surface area contributed by atoms with Crippen LogP contribution in [0.5, 0.6) is 11.5 Å². The number of rotatable bonds is 13. The number of benzene rings is 6. The minimum atomic E-state index is -4.43. The van der Waals surface area contributed by atoms with Crippen LogP contribution < -0.4 is 9.47 Å². The van der Waals surface area contributed by atoms with E-state index >= 15 is 0 Å². The van der Waals surface area contributed by atoms with Gasteiger partial charge in [0.1, 0.15) is 24.7 Å². The number of ketones is 3. The summed E-state index contributed by atoms with van der Waals surface area (Å²) in [6.07, 6.45) is -6.98. The van der Waals surface area contributed by atoms with Crippen molar-refractivity contribution >= 4 is 23.3 Å². The van der Waals surface area contributed by atoms with Crippen molar-refractivity contribution in [3.05, 3.63) is 199 Å². The molecule has 0 amide bonds. The number of carboxylic acid groups (broad SMARTS) is 1. The summed E-state index contributed by atoms with van der Waals surface area (Å²) < 4.78 is 90.6. The standard InChI is InChI=1S/C28H25F3O3.C26H21F3O4/c1-3-26(32)20-6-4-18(5-7-20)16-34-24-8-9-25-21(15-24)14-22(27(25)33)12-19-10-17(2)11-23(13-19)28(29,30)31;1-15-8-17(11-21(9-15)26(27,28)29)10-20-12-19-13-22(6-7-23(19)24(20)30)33-14-16-2-4-18(5-3-16)25(31)32/h4-11,13,15,22H,3,12,14,16H2,1-2H3;2-9,11,13,20H,10,12,14H2,1H3,(H,31,32). The summed E-state index contributed by atoms with van der Waals surface area (Å²) in [5.41, 5.74) is 6.07. The number of hydrogen-bond acceptors (Lipinski definition) is 6. The number of Topliss-reactive ketones (excluding diaryl/α,β-unsaturated/α-hetero) is 3. The molecule has 0 spiro atoms. The monoisotopic (exact) mass is 920 g/mol. The first kappa shape index (κ1) is 47.9. The number of aryl methyl sites for hydroxylation is 2. The highest BCUT2D eigenvalue weighted by Crippen LogP contribution is 2.37. The number of carboxylic acids is 1. The molecule has 6 aromatic rings. The molecular weight excluding hydrogens is 875 g/mol. The highest BCUT2D eigenvalue weighted by Gasteiger charge is 2.35. The Balaban J connectivity index is 0.000000199. The van der Waals surface area contributed by atoms with Gasteiger partial charge < -0.3 is 14.6 Å². The fraction of sp³-hybridized carbons (Fsp3) is 0.259. The van der Waals surface area contributed by atoms with Crippen molar-refractivity contribution < 1.29 is 60.1 Å². The molecule has 1 N–H and O–H groups in total. The first-order valence-electron chi connectivity index (χ1n) is 21.6. The summed E-state index contributed by atoms with van der Waals surface area (Å²) in [6, 6.07) is 32.0. The Morgan fingerprint density at radius 1 is 0.552 bits per heavy atom. The molecule has 7 nitrogen and oxygen atoms in total. The molecule has 0 saturated carbocycles. The van der Waals surface area contributed by atoms with Gasteiger partial charge in [-0.3, -0.25) is 14.4 Å². The highest BCUT2D eigenvalue weighted by molar-refractivity contribution is 6.03. The average Bonchev–Trinajstić information content (AvgIpc) is 3.76. The van der Waals surface area contributed by atoms with Crippen LogP contribution >= 0.6 is 0 Å². The predicted molar refractivity (Wildman–Crippen MR) is 239 cm³/mol. The van der Waals surface area contributed by atoms with Gasteiger partial charge in [0, 0.05) is 34.9 Å². The smallest absolute Gasteiger partial charge is 0.416 e. The molecule has 8 rings (SSSR count). The van der Waals surface area contributed by atoms with Gasteiger partial charge in [0.2, 0.25) is 0 Å². The molecule has 2 aliphatic carbocycles. The fourth-order valence-corrected chi connectivity index (χ4v) is 8.55. The van der Waals surface area contributed by atoms with Crippen molar-refractivity contribution in [2.45, 2.75) is 78.4 Å². The molecule has 2 atom stereocenters. The number of alkyl halides is 6. The highest BCUT2D eigenvalue weighted by atomic mass is 19.4. The van der Waals surface area contributed by atoms with Gasteiger partial charge in [-0.05, 0) is 146 Å². The molecule has 6 aromatic carbocycles. The third kappa shape index (κ3) is 11.9. The lowest BCUT2D eigenvalue weighted by atomic mass is 9.93. The molecule has 0 heterocycles. The van der Waals surface area contributed by atoms with Crippen molar-refractivity contribution in [3.63, 3.8) is 0 Å². The quantitative estimate of drug-likeness (QED) is 0.0908. The summed E-state index contributed by atoms with van der Waals surface area (Å²) in [5.74, 6) is -0.649. The van der Waals surface area contributed by atoms with E-state index in [0.29, 0.717) is 76.3 Å². The molecule has 2 unspecified atom stereocenters. The van der Waals surface area contributed by atoms with Crippen LogP contribution in [0.15, 0.2) is 121 Å². The Morgan fingerprint density at radius 3 is 1.33 bits per heavy atom. The Morgan fingerprint density at radius 2 is 0.955 bits per heavy atom. The van der Waals surface area contributed by atoms with Gasteiger partial charge in [-0.25, -0.2) is 4.79 Å². The van der Waals surface area contributed by atoms with Crippen molar-refractivity contribution in [1.29, 1.82) is 0 Å². The summed E-state index contributed by atoms with van der Waals surface area (Å²) in [7, 11) is 0. The van der Waals surface area contributed by atoms with Crippen molar-refractivity contribution in [3.8, 4) is 11.5 Å². The van der Waals surface area contributed by atoms with Crippen LogP contribution in [-0.4, -0.2) is 28.4 Å². The second kappa shape index (κ2) is 19.8. The maximum absolute atomic E-state index is 13.2. The van der Waals surface area contributed by atoms with E-state index < -0.39 is 41.3 Å². The van der Waals surface area contributed by atoms with Crippen LogP contribution in [0.1, 0.15) is 110 Å². The second-order valence-corrected chi connectivity index (χ2v) is 17.0. The van der Waals surface area contributed by atoms with E-state index in [1.54, 1.807) is 80.6 Å². The van der Waals surface area contributed by atoms with Crippen molar-refractivity contribution in [1.82, 2.24) is 0 Å². The van der Waals surface area contributed by atoms with E-state index in [1.165, 1.54) is 12.1 Å². The first-order valence-corrected chi connectivity index (χ1v) is 21.6. The zero-order chi connectivity index (χ0) is 48.2. The molecule has 0 aromatic heterocycles. The number of fused-ring (bicyclic) bond motifs is 2. The molecule has 346 valence electrons. The van der Waals surface area contributed by atoms with E-state index in [4.69, 9.17) is 14.6 Å². The van der Waals surface area contributed by atoms with Gasteiger partial charge in [0.25, 0.3) is 0 Å². The van der Waals surface area contributed by atoms with Crippen LogP contribution in [0.2, 0.25) is 0 Å². The topological polar surface area (TPSA) is 107 Å². The van der Waals surface area contributed by atoms with Gasteiger partial charge in [-0.1, -0.05) is 66.6 Å². The summed E-state index contributed by atoms with van der Waals surface area (Å²) in [4.78, 5) is 48.4. The molecule has 0 aliphatic heterocycles. The number of aromatic carboxylic acids is 1. The summed E-state index contributed by atoms with van der Waals surface area (Å²) in [6.45, 7) is 5.62. The van der Waals surface area contributed by atoms with E-state index in [1.807, 2.05) is 25.1 Å². The first-order chi connectivity index (χ1) is 31.7. The third-order valence-corrected chi connectivity index (χ3v) is 11.9. The third-order valence-electron chi connectivity index (χ3n) is 11.9. The Hall–Kier alpha value is -7.02. The van der Waals surface area contributed by atoms with Crippen LogP contribution in [-0.2, 0) is 51.2 Å². The zero-order valence-electron chi connectivity index (χ0n) is 36.8. The maximum atomic E-state index is 13.2. The fourth-order valence-electron chi connectivity index (χ4n) is 8.55. The molecule has 0 radical (unpaired) electrons. The minimum absolute atomic E-state index is 0.0483. The SMILES string of the molecule is CCC(=O)c1ccc(COc2ccc3c(c2)CC(Cc2cc(C)cc(C(F)(F)F)c2)C3=O)cc1.Cc1cc(CC2Cc3cc(OCc4ccc(C(=O)O)cc4)ccc3C2=O)cc(C(F)(F)F)c1. The van der Waals surface area contributed by atoms with Gasteiger partial charge in [-0.15, -0.1) is 0 Å². The normalized spacial score (nSPS) is 15.4. The lowest BCUT2D eigenvalue weighted by Crippen LogP contribution is -2.13. The maximum Gasteiger partial charge on any atom is 0.416 e. The molecule has 0 bridgehead atoms. The molecule has 2 aliphatic rings. The Kier molecular flexibility index (Phi) is 14.2. The second-order valence-electron chi connectivity index (χ2n) is 17.0. The number of carbonyl (C=O) groups excluding carboxylic acids is 3. The van der Waals surface area contributed by atoms with Crippen molar-refractivity contribution in [2.24, 2.45) is 11.8 Å². The van der Waals surface area contributed by atoms with Gasteiger partial charge in [0.05, 0.1) is 16.7 Å². The van der Waals surface area contributed by atoms with Crippen LogP contribution in [0, 0.1) is 25.7 Å². The molecule has 13 heteroatoms. The lowest BCUT2D eigenvalue weighted by molar-refractivity contribution is -0.138. The van der Waals surface area contributed by atoms with E-state index in [0.717, 1.165) is 46.5 Å². The van der Waals surface area contributed by atoms with Gasteiger partial charge in [-0.2, -0.15) is 26.3 Å². The molecule has 0 fully saturated rings. The number of ether oxygens (including phenoxy) is 2. The Bertz CT molecular complexity index is 2830. The summed E-state index contributed by atoms with van der Waals surface area (Å²) in [5, 5.41) is 8.96. The Labute approximate surface area is 383 Å². The average molecular weight is 921 g/mol. The molecule has 0 saturated heterocycles. The zero-order valence-corrected chi connectivity index (χ0v) is 36.8. The number of hydrogen-bond donors (Lipinski definition) is 1. The molecule has 67 heavy (non-hydrogen) atoms. The minimum Gasteiger partial charge on any atom is -0.489 e. The van der Waals surface area contributed by atoms with Gasteiger partial charge >= 0.3 is 18.3 Å². The van der Waals surface area contributed by atoms with Crippen LogP contribution in [0.3, 0.4) is 0 Å². The number of halogens is 6. The lowest BCUT2D eigenvalue weighted by Gasteiger charge is -2.13. The van der Waals surface area contributed by atoms with E-state index in [2.05, 4.69) is 0 Å². The molecular formula is C54H46F6O7. The van der Waals surface area contributed by atoms with E-state index in [9.17, 15) is 45.5 Å². The van der Waals surface area contributed by atoms with Crippen LogP contribution in [0.25, 0.3) is 0 Å². The predicted octanol–water partition coefficient (Wildman–Crippen LogP) is 12.7. The van der Waals surface area contributed by atoms with E-state index in [-0.39, 0.29) is 42.4 Å². The summed E-state index contributed by atoms with van der Waals surface area (Å²) >= 11 is 0.